The van der Waals surface area contributed by atoms with Gasteiger partial charge in [0.1, 0.15) is 10.9 Å². The minimum absolute atomic E-state index is 0. The Morgan fingerprint density at radius 2 is 1.14 bits per heavy atom. The van der Waals surface area contributed by atoms with Crippen LogP contribution in [0.2, 0.25) is 0 Å². The molecule has 70 valence electrons. The fourth-order valence-electron chi connectivity index (χ4n) is 0.184. The van der Waals surface area contributed by atoms with Crippen LogP contribution in [0.5, 0.6) is 0 Å². The summed E-state index contributed by atoms with van der Waals surface area (Å²) in [5, 5.41) is 36.7. The molecule has 0 amide bonds. The molecular formula is C4H4Na2O6S2. The zero-order chi connectivity index (χ0) is 9.72. The summed E-state index contributed by atoms with van der Waals surface area (Å²) in [4.78, 5) is 19.7. The molecule has 14 heavy (non-hydrogen) atoms. The van der Waals surface area contributed by atoms with Crippen LogP contribution in [0.4, 0.5) is 0 Å². The van der Waals surface area contributed by atoms with Crippen LogP contribution >= 0.6 is 21.6 Å². The van der Waals surface area contributed by atoms with Crippen LogP contribution in [0.15, 0.2) is 0 Å². The summed E-state index contributed by atoms with van der Waals surface area (Å²) in [5.74, 6) is -3.50. The molecule has 10 heteroatoms. The van der Waals surface area contributed by atoms with Crippen LogP contribution in [0.1, 0.15) is 0 Å². The van der Waals surface area contributed by atoms with E-state index < -0.39 is 22.8 Å². The SMILES string of the molecule is O=C([O-])C(O)SSC(O)C(=O)[O-].[Na+].[Na+]. The predicted molar refractivity (Wildman–Crippen MR) is 37.2 cm³/mol. The first-order chi connectivity index (χ1) is 5.45. The summed E-state index contributed by atoms with van der Waals surface area (Å²) < 4.78 is 0. The Kier molecular flexibility index (Phi) is 16.5. The summed E-state index contributed by atoms with van der Waals surface area (Å²) >= 11 is 0. The van der Waals surface area contributed by atoms with Crippen molar-refractivity contribution in [2.45, 2.75) is 10.9 Å². The molecule has 6 nitrogen and oxygen atoms in total. The summed E-state index contributed by atoms with van der Waals surface area (Å²) in [5.41, 5.74) is -3.74. The standard InChI is InChI=1S/C4H6O6S2.2Na/c5-1(6)3(9)11-12-4(10)2(7)8;;/h3-4,9-10H,(H,5,6)(H,7,8);;/q;2*+1/p-2. The molecule has 0 saturated carbocycles. The molecule has 0 fully saturated rings. The van der Waals surface area contributed by atoms with Crippen LogP contribution in [-0.4, -0.2) is 33.0 Å². The molecule has 0 bridgehead atoms. The predicted octanol–water partition coefficient (Wildman–Crippen LogP) is -9.49. The first-order valence-corrected chi connectivity index (χ1v) is 4.82. The molecule has 0 aromatic heterocycles. The van der Waals surface area contributed by atoms with Gasteiger partial charge in [0, 0.05) is 0 Å². The Labute approximate surface area is 132 Å². The largest absolute Gasteiger partial charge is 1.00 e. The zero-order valence-corrected chi connectivity index (χ0v) is 13.1. The number of carboxylic acid groups (broad SMARTS) is 2. The number of aliphatic hydroxyl groups excluding tert-OH is 2. The number of aliphatic carboxylic acids is 2. The normalized spacial score (nSPS) is 13.0. The maximum atomic E-state index is 9.84. The molecule has 0 rings (SSSR count). The van der Waals surface area contributed by atoms with Gasteiger partial charge in [-0.15, -0.1) is 0 Å². The number of aliphatic hydroxyl groups is 2. The minimum atomic E-state index is -1.87. The monoisotopic (exact) mass is 258 g/mol. The van der Waals surface area contributed by atoms with E-state index in [2.05, 4.69) is 0 Å². The van der Waals surface area contributed by atoms with Crippen molar-refractivity contribution < 1.29 is 89.1 Å². The molecule has 0 aromatic carbocycles. The van der Waals surface area contributed by atoms with Crippen molar-refractivity contribution in [3.05, 3.63) is 0 Å². The van der Waals surface area contributed by atoms with E-state index in [1.165, 1.54) is 0 Å². The Hall–Kier alpha value is 1.56. The van der Waals surface area contributed by atoms with Crippen LogP contribution in [0, 0.1) is 0 Å². The quantitative estimate of drug-likeness (QED) is 0.283. The number of carbonyl (C=O) groups excluding carboxylic acids is 2. The summed E-state index contributed by atoms with van der Waals surface area (Å²) in [6.07, 6.45) is 0. The smallest absolute Gasteiger partial charge is 0.546 e. The van der Waals surface area contributed by atoms with Crippen LogP contribution in [0.25, 0.3) is 0 Å². The molecule has 2 unspecified atom stereocenters. The van der Waals surface area contributed by atoms with E-state index in [4.69, 9.17) is 10.2 Å². The van der Waals surface area contributed by atoms with Gasteiger partial charge in [-0.25, -0.2) is 0 Å². The van der Waals surface area contributed by atoms with Gasteiger partial charge in [0.15, 0.2) is 0 Å². The van der Waals surface area contributed by atoms with Crippen molar-refractivity contribution in [3.8, 4) is 0 Å². The second kappa shape index (κ2) is 11.1. The minimum Gasteiger partial charge on any atom is -0.546 e. The second-order valence-electron chi connectivity index (χ2n) is 1.54. The molecule has 0 spiro atoms. The van der Waals surface area contributed by atoms with E-state index in [1.807, 2.05) is 0 Å². The number of hydrogen-bond donors (Lipinski definition) is 2. The van der Waals surface area contributed by atoms with Crippen LogP contribution < -0.4 is 69.3 Å². The molecular weight excluding hydrogens is 254 g/mol. The summed E-state index contributed by atoms with van der Waals surface area (Å²) in [6, 6.07) is 0. The molecule has 0 aromatic rings. The van der Waals surface area contributed by atoms with Crippen molar-refractivity contribution in [3.63, 3.8) is 0 Å². The van der Waals surface area contributed by atoms with Gasteiger partial charge in [-0.2, -0.15) is 0 Å². The molecule has 2 N–H and O–H groups in total. The zero-order valence-electron chi connectivity index (χ0n) is 7.50. The van der Waals surface area contributed by atoms with Crippen LogP contribution in [-0.2, 0) is 9.59 Å². The molecule has 0 heterocycles. The van der Waals surface area contributed by atoms with Gasteiger partial charge >= 0.3 is 59.1 Å². The number of carboxylic acids is 2. The fourth-order valence-corrected chi connectivity index (χ4v) is 1.65. The third-order valence-corrected chi connectivity index (χ3v) is 2.93. The Bertz CT molecular complexity index is 171. The molecule has 0 saturated heterocycles. The summed E-state index contributed by atoms with van der Waals surface area (Å²) in [7, 11) is 0.521. The maximum Gasteiger partial charge on any atom is 1.00 e. The molecule has 0 aliphatic rings. The molecule has 0 aliphatic heterocycles. The van der Waals surface area contributed by atoms with E-state index >= 15 is 0 Å². The average molecular weight is 258 g/mol. The van der Waals surface area contributed by atoms with Gasteiger partial charge in [0.2, 0.25) is 0 Å². The van der Waals surface area contributed by atoms with E-state index in [0.717, 1.165) is 0 Å². The van der Waals surface area contributed by atoms with Crippen molar-refractivity contribution in [2.75, 3.05) is 0 Å². The molecule has 0 radical (unpaired) electrons. The fraction of sp³-hybridized carbons (Fsp3) is 0.500. The van der Waals surface area contributed by atoms with Crippen molar-refractivity contribution >= 4 is 33.5 Å². The van der Waals surface area contributed by atoms with E-state index in [1.54, 1.807) is 0 Å². The van der Waals surface area contributed by atoms with E-state index in [9.17, 15) is 19.8 Å². The number of carbonyl (C=O) groups is 2. The first-order valence-electron chi connectivity index (χ1n) is 2.55. The van der Waals surface area contributed by atoms with Gasteiger partial charge in [-0.1, -0.05) is 21.6 Å². The van der Waals surface area contributed by atoms with Gasteiger partial charge < -0.3 is 30.0 Å². The van der Waals surface area contributed by atoms with Gasteiger partial charge in [0.25, 0.3) is 0 Å². The third kappa shape index (κ3) is 10.1. The van der Waals surface area contributed by atoms with Crippen LogP contribution in [0.3, 0.4) is 0 Å². The van der Waals surface area contributed by atoms with Crippen molar-refractivity contribution in [1.82, 2.24) is 0 Å². The Balaban J connectivity index is -0.000000605. The molecule has 2 atom stereocenters. The second-order valence-corrected chi connectivity index (χ2v) is 3.97. The average Bonchev–Trinajstić information content (AvgIpc) is 1.98. The third-order valence-electron chi connectivity index (χ3n) is 0.641. The van der Waals surface area contributed by atoms with Crippen molar-refractivity contribution in [2.24, 2.45) is 0 Å². The Morgan fingerprint density at radius 1 is 0.929 bits per heavy atom. The Morgan fingerprint density at radius 3 is 1.29 bits per heavy atom. The van der Waals surface area contributed by atoms with Gasteiger partial charge in [-0.3, -0.25) is 0 Å². The first kappa shape index (κ1) is 20.9. The topological polar surface area (TPSA) is 121 Å². The van der Waals surface area contributed by atoms with Crippen molar-refractivity contribution in [1.29, 1.82) is 0 Å². The summed E-state index contributed by atoms with van der Waals surface area (Å²) in [6.45, 7) is 0. The molecule has 0 aliphatic carbocycles. The van der Waals surface area contributed by atoms with E-state index in [-0.39, 0.29) is 80.7 Å². The van der Waals surface area contributed by atoms with Gasteiger partial charge in [0.05, 0.1) is 11.9 Å². The maximum absolute atomic E-state index is 9.84. The van der Waals surface area contributed by atoms with E-state index in [0.29, 0.717) is 0 Å². The number of hydrogen-bond acceptors (Lipinski definition) is 8. The number of rotatable bonds is 5. The van der Waals surface area contributed by atoms with Gasteiger partial charge in [-0.05, 0) is 0 Å².